The van der Waals surface area contributed by atoms with E-state index in [1.807, 2.05) is 0 Å². The van der Waals surface area contributed by atoms with Crippen LogP contribution in [0.5, 0.6) is 5.75 Å². The molecule has 0 bridgehead atoms. The van der Waals surface area contributed by atoms with Crippen molar-refractivity contribution in [3.63, 3.8) is 0 Å². The van der Waals surface area contributed by atoms with E-state index in [9.17, 15) is 13.2 Å². The number of methoxy groups -OCH3 is 1. The minimum absolute atomic E-state index is 0.0228. The van der Waals surface area contributed by atoms with Crippen molar-refractivity contribution >= 4 is 15.7 Å². The minimum atomic E-state index is -4.06. The lowest BCUT2D eigenvalue weighted by atomic mass is 10.00. The zero-order valence-electron chi connectivity index (χ0n) is 13.4. The van der Waals surface area contributed by atoms with Crippen LogP contribution in [0.3, 0.4) is 0 Å². The number of benzene rings is 2. The molecule has 7 heteroatoms. The molecule has 1 amide bonds. The van der Waals surface area contributed by atoms with Gasteiger partial charge in [-0.15, -0.1) is 0 Å². The van der Waals surface area contributed by atoms with Crippen LogP contribution in [-0.4, -0.2) is 31.4 Å². The molecule has 128 valence electrons. The quantitative estimate of drug-likeness (QED) is 0.614. The summed E-state index contributed by atoms with van der Waals surface area (Å²) in [6.45, 7) is 1.30. The molecule has 2 aromatic rings. The van der Waals surface area contributed by atoms with Crippen LogP contribution in [0.2, 0.25) is 0 Å². The second-order valence-corrected chi connectivity index (χ2v) is 7.89. The summed E-state index contributed by atoms with van der Waals surface area (Å²) in [5.74, 6) is -0.479. The van der Waals surface area contributed by atoms with Gasteiger partial charge in [0.25, 0.3) is 5.91 Å². The fraction of sp³-hybridized carbons (Fsp3) is 0.235. The van der Waals surface area contributed by atoms with Gasteiger partial charge in [-0.3, -0.25) is 10.0 Å². The second-order valence-electron chi connectivity index (χ2n) is 5.51. The van der Waals surface area contributed by atoms with Crippen LogP contribution in [0, 0.1) is 0 Å². The first-order valence-corrected chi connectivity index (χ1v) is 8.70. The highest BCUT2D eigenvalue weighted by Gasteiger charge is 2.47. The average molecular weight is 349 g/mol. The van der Waals surface area contributed by atoms with Crippen molar-refractivity contribution in [3.8, 4) is 5.75 Å². The summed E-state index contributed by atoms with van der Waals surface area (Å²) in [6, 6.07) is 14.5. The highest BCUT2D eigenvalue weighted by molar-refractivity contribution is 7.93. The number of rotatable bonds is 6. The minimum Gasteiger partial charge on any atom is -0.497 e. The van der Waals surface area contributed by atoms with Crippen molar-refractivity contribution in [1.29, 1.82) is 0 Å². The van der Waals surface area contributed by atoms with E-state index in [1.165, 1.54) is 43.8 Å². The summed E-state index contributed by atoms with van der Waals surface area (Å²) < 4.78 is 29.2. The Morgan fingerprint density at radius 3 is 2.21 bits per heavy atom. The largest absolute Gasteiger partial charge is 0.497 e. The van der Waals surface area contributed by atoms with E-state index in [1.54, 1.807) is 30.3 Å². The van der Waals surface area contributed by atoms with Crippen molar-refractivity contribution < 1.29 is 23.2 Å². The van der Waals surface area contributed by atoms with Crippen LogP contribution in [-0.2, 0) is 21.1 Å². The predicted octanol–water partition coefficient (Wildman–Crippen LogP) is 1.98. The maximum atomic E-state index is 13.0. The molecule has 0 heterocycles. The van der Waals surface area contributed by atoms with Gasteiger partial charge in [0.05, 0.1) is 12.0 Å². The average Bonchev–Trinajstić information content (AvgIpc) is 2.61. The third-order valence-corrected chi connectivity index (χ3v) is 6.34. The van der Waals surface area contributed by atoms with E-state index in [-0.39, 0.29) is 11.3 Å². The van der Waals surface area contributed by atoms with Gasteiger partial charge in [0.2, 0.25) is 0 Å². The highest BCUT2D eigenvalue weighted by atomic mass is 32.2. The first kappa shape index (κ1) is 18.0. The number of hydrogen-bond donors (Lipinski definition) is 2. The maximum absolute atomic E-state index is 13.0. The van der Waals surface area contributed by atoms with Crippen LogP contribution in [0.25, 0.3) is 0 Å². The number of amides is 1. The number of ether oxygens (including phenoxy) is 1. The summed E-state index contributed by atoms with van der Waals surface area (Å²) in [6.07, 6.45) is -0.0748. The molecule has 1 atom stereocenters. The van der Waals surface area contributed by atoms with Crippen molar-refractivity contribution in [2.45, 2.75) is 23.0 Å². The number of nitrogens with one attached hydrogen (secondary N) is 1. The smallest absolute Gasteiger partial charge is 0.265 e. The Bertz CT molecular complexity index is 803. The number of hydrogen-bond acceptors (Lipinski definition) is 5. The van der Waals surface area contributed by atoms with Crippen molar-refractivity contribution in [1.82, 2.24) is 5.48 Å². The zero-order valence-corrected chi connectivity index (χ0v) is 14.2. The summed E-state index contributed by atoms with van der Waals surface area (Å²) in [5, 5.41) is 9.06. The van der Waals surface area contributed by atoms with Crippen LogP contribution < -0.4 is 10.2 Å². The second kappa shape index (κ2) is 7.02. The summed E-state index contributed by atoms with van der Waals surface area (Å²) in [5.41, 5.74) is 2.15. The Morgan fingerprint density at radius 1 is 1.12 bits per heavy atom. The molecule has 0 aliphatic carbocycles. The SMILES string of the molecule is COc1ccc(S(=O)(=O)[C@](C)(Cc2ccccc2)C(=O)NO)cc1. The van der Waals surface area contributed by atoms with Crippen LogP contribution in [0.15, 0.2) is 59.5 Å². The molecule has 0 aromatic heterocycles. The molecule has 2 aromatic carbocycles. The van der Waals surface area contributed by atoms with Crippen molar-refractivity contribution in [2.75, 3.05) is 7.11 Å². The topological polar surface area (TPSA) is 92.7 Å². The molecular formula is C17H19NO5S. The van der Waals surface area contributed by atoms with Crippen LogP contribution >= 0.6 is 0 Å². The van der Waals surface area contributed by atoms with E-state index < -0.39 is 20.5 Å². The van der Waals surface area contributed by atoms with Gasteiger partial charge in [-0.2, -0.15) is 0 Å². The molecule has 0 radical (unpaired) electrons. The molecule has 0 spiro atoms. The molecule has 6 nitrogen and oxygen atoms in total. The van der Waals surface area contributed by atoms with E-state index in [0.717, 1.165) is 0 Å². The number of carbonyl (C=O) groups is 1. The third-order valence-electron chi connectivity index (χ3n) is 3.93. The van der Waals surface area contributed by atoms with Crippen molar-refractivity contribution in [3.05, 3.63) is 60.2 Å². The standard InChI is InChI=1S/C17H19NO5S/c1-17(16(19)18-20,12-13-6-4-3-5-7-13)24(21,22)15-10-8-14(23-2)9-11-15/h3-11,20H,12H2,1-2H3,(H,18,19)/t17-/m1/s1. The highest BCUT2D eigenvalue weighted by Crippen LogP contribution is 2.30. The monoisotopic (exact) mass is 349 g/mol. The van der Waals surface area contributed by atoms with Gasteiger partial charge in [-0.05, 0) is 36.8 Å². The summed E-state index contributed by atoms with van der Waals surface area (Å²) >= 11 is 0. The lowest BCUT2D eigenvalue weighted by molar-refractivity contribution is -0.131. The number of hydroxylamine groups is 1. The molecule has 24 heavy (non-hydrogen) atoms. The molecule has 0 unspecified atom stereocenters. The van der Waals surface area contributed by atoms with E-state index >= 15 is 0 Å². The van der Waals surface area contributed by atoms with Crippen LogP contribution in [0.1, 0.15) is 12.5 Å². The third kappa shape index (κ3) is 3.27. The maximum Gasteiger partial charge on any atom is 0.265 e. The van der Waals surface area contributed by atoms with Gasteiger partial charge in [-0.25, -0.2) is 13.9 Å². The molecule has 0 fully saturated rings. The van der Waals surface area contributed by atoms with Gasteiger partial charge < -0.3 is 4.74 Å². The van der Waals surface area contributed by atoms with Gasteiger partial charge in [0.1, 0.15) is 5.75 Å². The Hall–Kier alpha value is -2.38. The van der Waals surface area contributed by atoms with E-state index in [2.05, 4.69) is 0 Å². The lowest BCUT2D eigenvalue weighted by Gasteiger charge is -2.27. The Morgan fingerprint density at radius 2 is 1.71 bits per heavy atom. The first-order valence-electron chi connectivity index (χ1n) is 7.22. The summed E-state index contributed by atoms with van der Waals surface area (Å²) in [4.78, 5) is 12.2. The molecule has 0 aliphatic heterocycles. The Balaban J connectivity index is 2.50. The molecule has 0 aliphatic rings. The normalized spacial score (nSPS) is 13.8. The van der Waals surface area contributed by atoms with Gasteiger partial charge in [0.15, 0.2) is 14.6 Å². The molecule has 2 N–H and O–H groups in total. The van der Waals surface area contributed by atoms with Gasteiger partial charge >= 0.3 is 0 Å². The fourth-order valence-corrected chi connectivity index (χ4v) is 4.08. The summed E-state index contributed by atoms with van der Waals surface area (Å²) in [7, 11) is -2.59. The van der Waals surface area contributed by atoms with Gasteiger partial charge in [-0.1, -0.05) is 30.3 Å². The molecule has 2 rings (SSSR count). The van der Waals surface area contributed by atoms with Gasteiger partial charge in [0, 0.05) is 6.42 Å². The fourth-order valence-electron chi connectivity index (χ4n) is 2.42. The zero-order chi connectivity index (χ0) is 17.8. The molecule has 0 saturated heterocycles. The van der Waals surface area contributed by atoms with Crippen molar-refractivity contribution in [2.24, 2.45) is 0 Å². The molecule has 0 saturated carbocycles. The predicted molar refractivity (Wildman–Crippen MR) is 88.7 cm³/mol. The van der Waals surface area contributed by atoms with Crippen LogP contribution in [0.4, 0.5) is 0 Å². The molecular weight excluding hydrogens is 330 g/mol. The number of sulfone groups is 1. The van der Waals surface area contributed by atoms with E-state index in [0.29, 0.717) is 11.3 Å². The van der Waals surface area contributed by atoms with E-state index in [4.69, 9.17) is 9.94 Å². The lowest BCUT2D eigenvalue weighted by Crippen LogP contribution is -2.51. The Kier molecular flexibility index (Phi) is 5.26. The number of carbonyl (C=O) groups excluding carboxylic acids is 1. The Labute approximate surface area is 141 Å². The first-order chi connectivity index (χ1) is 11.3.